The van der Waals surface area contributed by atoms with Gasteiger partial charge in [0.25, 0.3) is 5.91 Å². The fourth-order valence-electron chi connectivity index (χ4n) is 3.81. The molecule has 1 heterocycles. The smallest absolute Gasteiger partial charge is 0.257 e. The molecule has 8 heteroatoms. The quantitative estimate of drug-likeness (QED) is 0.517. The summed E-state index contributed by atoms with van der Waals surface area (Å²) in [5.74, 6) is 0.986. The molecule has 1 saturated heterocycles. The van der Waals surface area contributed by atoms with Crippen LogP contribution in [0.2, 0.25) is 0 Å². The van der Waals surface area contributed by atoms with E-state index in [1.54, 1.807) is 18.2 Å². The molecular weight excluding hydrogens is 460 g/mol. The minimum absolute atomic E-state index is 0.0790. The van der Waals surface area contributed by atoms with Crippen molar-refractivity contribution in [3.8, 4) is 5.75 Å². The molecule has 2 aromatic rings. The van der Waals surface area contributed by atoms with Crippen molar-refractivity contribution in [3.63, 3.8) is 0 Å². The molecule has 7 nitrogen and oxygen atoms in total. The van der Waals surface area contributed by atoms with E-state index in [1.807, 2.05) is 42.2 Å². The number of carbonyl (C=O) groups is 2. The number of carbonyl (C=O) groups excluding carboxylic acids is 2. The topological polar surface area (TPSA) is 73.9 Å². The first-order chi connectivity index (χ1) is 16.7. The number of anilines is 2. The molecule has 0 aromatic heterocycles. The highest BCUT2D eigenvalue weighted by atomic mass is 32.1. The Labute approximate surface area is 213 Å². The third-order valence-corrected chi connectivity index (χ3v) is 6.15. The number of amides is 2. The van der Waals surface area contributed by atoms with Gasteiger partial charge in [-0.3, -0.25) is 14.9 Å². The van der Waals surface area contributed by atoms with E-state index in [4.69, 9.17) is 17.0 Å². The number of hydrogen-bond donors (Lipinski definition) is 2. The molecule has 3 rings (SSSR count). The van der Waals surface area contributed by atoms with Crippen LogP contribution in [0.3, 0.4) is 0 Å². The average molecular weight is 497 g/mol. The van der Waals surface area contributed by atoms with Crippen LogP contribution in [0.5, 0.6) is 5.75 Å². The number of piperazine rings is 1. The fourth-order valence-corrected chi connectivity index (χ4v) is 4.02. The van der Waals surface area contributed by atoms with Crippen molar-refractivity contribution >= 4 is 40.5 Å². The van der Waals surface area contributed by atoms with E-state index in [-0.39, 0.29) is 23.0 Å². The van der Waals surface area contributed by atoms with E-state index >= 15 is 0 Å². The molecule has 2 amide bonds. The molecule has 0 radical (unpaired) electrons. The second kappa shape index (κ2) is 12.5. The first kappa shape index (κ1) is 26.5. The van der Waals surface area contributed by atoms with E-state index in [9.17, 15) is 9.59 Å². The predicted molar refractivity (Wildman–Crippen MR) is 145 cm³/mol. The van der Waals surface area contributed by atoms with Crippen LogP contribution in [0.15, 0.2) is 48.5 Å². The van der Waals surface area contributed by atoms with Gasteiger partial charge in [-0.25, -0.2) is 0 Å². The van der Waals surface area contributed by atoms with Crippen LogP contribution in [0.4, 0.5) is 11.4 Å². The molecule has 188 valence electrons. The molecule has 0 saturated carbocycles. The highest BCUT2D eigenvalue weighted by molar-refractivity contribution is 7.80. The van der Waals surface area contributed by atoms with Gasteiger partial charge in [-0.2, -0.15) is 0 Å². The van der Waals surface area contributed by atoms with Gasteiger partial charge >= 0.3 is 0 Å². The van der Waals surface area contributed by atoms with Crippen molar-refractivity contribution in [2.45, 2.75) is 46.6 Å². The number of rotatable bonds is 8. The van der Waals surface area contributed by atoms with Crippen LogP contribution in [-0.4, -0.2) is 54.1 Å². The summed E-state index contributed by atoms with van der Waals surface area (Å²) < 4.78 is 5.80. The molecular formula is C27H36N4O3S. The molecule has 2 aromatic carbocycles. The van der Waals surface area contributed by atoms with E-state index < -0.39 is 0 Å². The Morgan fingerprint density at radius 2 is 1.71 bits per heavy atom. The molecule has 0 unspecified atom stereocenters. The lowest BCUT2D eigenvalue weighted by Gasteiger charge is -2.36. The molecule has 1 atom stereocenters. The van der Waals surface area contributed by atoms with Crippen LogP contribution in [0, 0.1) is 5.92 Å². The minimum Gasteiger partial charge on any atom is -0.491 e. The molecule has 35 heavy (non-hydrogen) atoms. The lowest BCUT2D eigenvalue weighted by Crippen LogP contribution is -2.49. The van der Waals surface area contributed by atoms with Gasteiger partial charge in [-0.15, -0.1) is 0 Å². The summed E-state index contributed by atoms with van der Waals surface area (Å²) in [7, 11) is 0. The molecule has 1 aliphatic rings. The molecule has 0 bridgehead atoms. The van der Waals surface area contributed by atoms with Gasteiger partial charge in [0.2, 0.25) is 5.91 Å². The van der Waals surface area contributed by atoms with Gasteiger partial charge in [0, 0.05) is 49.5 Å². The van der Waals surface area contributed by atoms with Crippen molar-refractivity contribution in [1.29, 1.82) is 0 Å². The van der Waals surface area contributed by atoms with E-state index in [0.29, 0.717) is 23.7 Å². The maximum absolute atomic E-state index is 12.6. The van der Waals surface area contributed by atoms with Crippen LogP contribution in [-0.2, 0) is 4.79 Å². The van der Waals surface area contributed by atoms with Gasteiger partial charge in [-0.1, -0.05) is 26.8 Å². The van der Waals surface area contributed by atoms with Gasteiger partial charge in [0.05, 0.1) is 6.10 Å². The average Bonchev–Trinajstić information content (AvgIpc) is 2.84. The Morgan fingerprint density at radius 1 is 1.03 bits per heavy atom. The zero-order chi connectivity index (χ0) is 25.4. The second-order valence-corrected chi connectivity index (χ2v) is 9.69. The zero-order valence-corrected chi connectivity index (χ0v) is 21.9. The van der Waals surface area contributed by atoms with E-state index in [2.05, 4.69) is 36.3 Å². The van der Waals surface area contributed by atoms with E-state index in [1.165, 1.54) is 0 Å². The van der Waals surface area contributed by atoms with Crippen LogP contribution < -0.4 is 20.3 Å². The summed E-state index contributed by atoms with van der Waals surface area (Å²) in [6.45, 7) is 11.3. The van der Waals surface area contributed by atoms with Crippen molar-refractivity contribution in [2.75, 3.05) is 36.4 Å². The number of nitrogens with one attached hydrogen (secondary N) is 2. The molecule has 1 fully saturated rings. The van der Waals surface area contributed by atoms with Crippen LogP contribution >= 0.6 is 12.2 Å². The number of benzene rings is 2. The standard InChI is InChI=1S/C27H36N4O3S/c1-5-20(4)34-24-8-6-7-21(18-24)26(33)29-27(35)28-22-9-11-23(12-10-22)30-13-15-31(16-14-30)25(32)17-19(2)3/h6-12,18-20H,5,13-17H2,1-4H3,(H2,28,29,33,35)/t20-/m0/s1. The number of nitrogens with zero attached hydrogens (tertiary/aromatic N) is 2. The fraction of sp³-hybridized carbons (Fsp3) is 0.444. The van der Waals surface area contributed by atoms with Crippen LogP contribution in [0.1, 0.15) is 50.9 Å². The predicted octanol–water partition coefficient (Wildman–Crippen LogP) is 4.69. The highest BCUT2D eigenvalue weighted by Crippen LogP contribution is 2.20. The Hall–Kier alpha value is -3.13. The van der Waals surface area contributed by atoms with Crippen LogP contribution in [0.25, 0.3) is 0 Å². The summed E-state index contributed by atoms with van der Waals surface area (Å²) in [4.78, 5) is 29.1. The Kier molecular flexibility index (Phi) is 9.48. The monoisotopic (exact) mass is 496 g/mol. The number of thiocarbonyl (C=S) groups is 1. The van der Waals surface area contributed by atoms with Gasteiger partial charge in [0.15, 0.2) is 5.11 Å². The SMILES string of the molecule is CC[C@H](C)Oc1cccc(C(=O)NC(=S)Nc2ccc(N3CCN(C(=O)CC(C)C)CC3)cc2)c1. The van der Waals surface area contributed by atoms with Gasteiger partial charge < -0.3 is 19.9 Å². The first-order valence-electron chi connectivity index (χ1n) is 12.3. The number of hydrogen-bond acceptors (Lipinski definition) is 5. The summed E-state index contributed by atoms with van der Waals surface area (Å²) in [6, 6.07) is 15.0. The third kappa shape index (κ3) is 7.96. The molecule has 0 spiro atoms. The van der Waals surface area contributed by atoms with Crippen molar-refractivity contribution in [2.24, 2.45) is 5.92 Å². The summed E-state index contributed by atoms with van der Waals surface area (Å²) in [6.07, 6.45) is 1.57. The normalized spacial score (nSPS) is 14.4. The second-order valence-electron chi connectivity index (χ2n) is 9.29. The highest BCUT2D eigenvalue weighted by Gasteiger charge is 2.21. The lowest BCUT2D eigenvalue weighted by atomic mass is 10.1. The maximum atomic E-state index is 12.6. The zero-order valence-electron chi connectivity index (χ0n) is 21.0. The first-order valence-corrected chi connectivity index (χ1v) is 12.7. The summed E-state index contributed by atoms with van der Waals surface area (Å²) in [5.41, 5.74) is 2.37. The Balaban J connectivity index is 1.49. The minimum atomic E-state index is -0.293. The van der Waals surface area contributed by atoms with Crippen molar-refractivity contribution < 1.29 is 14.3 Å². The lowest BCUT2D eigenvalue weighted by molar-refractivity contribution is -0.132. The van der Waals surface area contributed by atoms with Gasteiger partial charge in [0.1, 0.15) is 5.75 Å². The van der Waals surface area contributed by atoms with Crippen molar-refractivity contribution in [3.05, 3.63) is 54.1 Å². The molecule has 1 aliphatic heterocycles. The summed E-state index contributed by atoms with van der Waals surface area (Å²) >= 11 is 5.34. The third-order valence-electron chi connectivity index (χ3n) is 5.94. The Morgan fingerprint density at radius 3 is 2.34 bits per heavy atom. The largest absolute Gasteiger partial charge is 0.491 e. The van der Waals surface area contributed by atoms with Gasteiger partial charge in [-0.05, 0) is 73.9 Å². The van der Waals surface area contributed by atoms with E-state index in [0.717, 1.165) is 44.0 Å². The maximum Gasteiger partial charge on any atom is 0.257 e. The van der Waals surface area contributed by atoms with Crippen molar-refractivity contribution in [1.82, 2.24) is 10.2 Å². The molecule has 2 N–H and O–H groups in total. The Bertz CT molecular complexity index is 1020. The summed E-state index contributed by atoms with van der Waals surface area (Å²) in [5, 5.41) is 6.02. The molecule has 0 aliphatic carbocycles. The number of ether oxygens (including phenoxy) is 1.